The van der Waals surface area contributed by atoms with Crippen molar-refractivity contribution in [3.05, 3.63) is 37.1 Å². The second-order valence-corrected chi connectivity index (χ2v) is 76.7. The predicted molar refractivity (Wildman–Crippen MR) is 291 cm³/mol. The van der Waals surface area contributed by atoms with Gasteiger partial charge in [0, 0.05) is 0 Å². The Bertz CT molecular complexity index is 979. The van der Waals surface area contributed by atoms with Crippen LogP contribution in [0.5, 0.6) is 0 Å². The van der Waals surface area contributed by atoms with E-state index < -0.39 is 67.3 Å². The van der Waals surface area contributed by atoms with Crippen molar-refractivity contribution in [1.82, 2.24) is 0 Å². The molecule has 0 nitrogen and oxygen atoms in total. The van der Waals surface area contributed by atoms with E-state index in [1.807, 2.05) is 0 Å². The van der Waals surface area contributed by atoms with E-state index in [2.05, 4.69) is 129 Å². The summed E-state index contributed by atoms with van der Waals surface area (Å²) in [6, 6.07) is 0. The molecule has 0 heterocycles. The molecule has 368 valence electrons. The van der Waals surface area contributed by atoms with E-state index in [0.717, 1.165) is 58.8 Å². The summed E-state index contributed by atoms with van der Waals surface area (Å²) in [5, 5.41) is 0. The van der Waals surface area contributed by atoms with Crippen LogP contribution in [0, 0.1) is 68.1 Å². The zero-order valence-electron chi connectivity index (χ0n) is 41.1. The molecule has 3 fully saturated rings. The second kappa shape index (κ2) is 41.4. The fraction of sp³-hybridized carbons (Fsp3) is 0.864. The Labute approximate surface area is 440 Å². The van der Waals surface area contributed by atoms with E-state index in [0.29, 0.717) is 0 Å². The van der Waals surface area contributed by atoms with Crippen LogP contribution in [0.25, 0.3) is 0 Å². The van der Waals surface area contributed by atoms with E-state index in [-0.39, 0.29) is 22.3 Å². The molecule has 4 aliphatic rings. The van der Waals surface area contributed by atoms with Crippen molar-refractivity contribution in [2.24, 2.45) is 53.3 Å². The predicted octanol–water partition coefficient (Wildman–Crippen LogP) is 23.7. The van der Waals surface area contributed by atoms with Crippen LogP contribution in [0.4, 0.5) is 0 Å². The summed E-state index contributed by atoms with van der Waals surface area (Å²) >= 11 is -1.88. The molecule has 60 heavy (non-hydrogen) atoms. The molecule has 0 N–H and O–H groups in total. The van der Waals surface area contributed by atoms with Gasteiger partial charge < -0.3 is 14.9 Å². The van der Waals surface area contributed by atoms with Crippen molar-refractivity contribution in [2.45, 2.75) is 194 Å². The zero-order chi connectivity index (χ0) is 46.4. The van der Waals surface area contributed by atoms with Gasteiger partial charge in [-0.15, -0.1) is 0 Å². The molecule has 0 spiro atoms. The maximum atomic E-state index is 5.67. The Morgan fingerprint density at radius 1 is 0.550 bits per heavy atom. The summed E-state index contributed by atoms with van der Waals surface area (Å²) in [6.07, 6.45) is 11.8. The Kier molecular flexibility index (Phi) is 55.1. The maximum absolute atomic E-state index is 5.67. The summed E-state index contributed by atoms with van der Waals surface area (Å²) in [5.41, 5.74) is 7.16. The van der Waals surface area contributed by atoms with Gasteiger partial charge in [-0.25, -0.2) is 0 Å². The van der Waals surface area contributed by atoms with Gasteiger partial charge in [-0.1, -0.05) is 159 Å². The SMILES string of the molecule is C.CC1=C(C)C([Si](C)(C)C)C(C)=C1C.CC1CC(C)C(C)C1C.CC1CC(C)C(C)C1C.CCCC1CCCC1.C[Si](C)(C)Cl.[CH3-].[CH3-].[Cl][Zr]([Cl])([Cl])[Cl].[Cl][Zr]([Cl])[Cl].[Cl][Zr]([Cl])[Cl]. The van der Waals surface area contributed by atoms with Crippen LogP contribution in [-0.4, -0.2) is 15.5 Å². The number of allylic oxidation sites excluding steroid dienone is 4. The van der Waals surface area contributed by atoms with Gasteiger partial charge in [0.25, 0.3) is 0 Å². The fourth-order valence-corrected chi connectivity index (χ4v) is 11.5. The zero-order valence-corrected chi connectivity index (χ0v) is 58.8. The minimum atomic E-state index is -3.29. The van der Waals surface area contributed by atoms with Gasteiger partial charge in [0.1, 0.15) is 7.38 Å². The molecule has 4 rings (SSSR count). The van der Waals surface area contributed by atoms with Gasteiger partial charge in [-0.3, -0.25) is 0 Å². The molecular weight excluding hydrogens is 1250 g/mol. The van der Waals surface area contributed by atoms with Crippen molar-refractivity contribution >= 4 is 112 Å². The Morgan fingerprint density at radius 3 is 0.867 bits per heavy atom. The summed E-state index contributed by atoms with van der Waals surface area (Å²) in [7, 11) is 48.0. The molecule has 0 aromatic carbocycles. The first-order valence-corrected chi connectivity index (χ1v) is 60.6. The summed E-state index contributed by atoms with van der Waals surface area (Å²) in [5.74, 6) is 8.81. The normalized spacial score (nSPS) is 25.9. The van der Waals surface area contributed by atoms with Crippen LogP contribution < -0.4 is 0 Å². The molecule has 3 saturated carbocycles. The summed E-state index contributed by atoms with van der Waals surface area (Å²) in [6.45, 7) is 44.2. The van der Waals surface area contributed by atoms with Crippen molar-refractivity contribution in [3.8, 4) is 0 Å². The van der Waals surface area contributed by atoms with Gasteiger partial charge in [-0.2, -0.15) is 11.1 Å². The van der Waals surface area contributed by atoms with Crippen molar-refractivity contribution in [2.75, 3.05) is 0 Å². The molecule has 0 saturated heterocycles. The van der Waals surface area contributed by atoms with Crippen molar-refractivity contribution < 1.29 is 51.8 Å². The topological polar surface area (TPSA) is 0 Å². The molecule has 8 atom stereocenters. The number of rotatable bonds is 3. The quantitative estimate of drug-likeness (QED) is 0.150. The van der Waals surface area contributed by atoms with E-state index in [9.17, 15) is 0 Å². The third-order valence-electron chi connectivity index (χ3n) is 12.4. The third-order valence-corrected chi connectivity index (χ3v) is 15.0. The van der Waals surface area contributed by atoms with Crippen molar-refractivity contribution in [3.63, 3.8) is 0 Å². The Morgan fingerprint density at radius 2 is 0.750 bits per heavy atom. The average Bonchev–Trinajstić information content (AvgIpc) is 3.71. The summed E-state index contributed by atoms with van der Waals surface area (Å²) < 4.78 is 0. The first kappa shape index (κ1) is 79.9. The average molecular weight is 1340 g/mol. The van der Waals surface area contributed by atoms with Crippen LogP contribution in [0.15, 0.2) is 22.3 Å². The number of halogens is 11. The van der Waals surface area contributed by atoms with Crippen LogP contribution in [-0.2, 0) is 51.8 Å². The van der Waals surface area contributed by atoms with Crippen LogP contribution in [0.2, 0.25) is 44.8 Å². The number of hydrogen-bond donors (Lipinski definition) is 0. The minimum absolute atomic E-state index is 0. The molecule has 4 aliphatic carbocycles. The van der Waals surface area contributed by atoms with Crippen molar-refractivity contribution in [1.29, 1.82) is 0 Å². The van der Waals surface area contributed by atoms with Gasteiger partial charge in [0.05, 0.1) is 8.07 Å². The van der Waals surface area contributed by atoms with E-state index in [1.165, 1.54) is 51.4 Å². The second-order valence-electron chi connectivity index (χ2n) is 19.1. The van der Waals surface area contributed by atoms with E-state index in [1.54, 1.807) is 22.3 Å². The monoisotopic (exact) mass is 1330 g/mol. The Balaban J connectivity index is -0.000000110. The van der Waals surface area contributed by atoms with Crippen LogP contribution >= 0.6 is 96.2 Å². The fourth-order valence-electron chi connectivity index (χ4n) is 8.46. The standard InChI is InChI=1S/C12H22Si.2C9H18.C8H16.C3H9ClSi.CH4.2CH3.10ClH.3Zr/c1-8-9(2)11(4)12(10(8)3)13(5,6)7;2*1-6-5-7(2)9(4)8(6)3;1-2-5-8-6-3-4-7-8;1-5(2,3)4;;;;;;;;;;;;;;;;/h12H,1-7H3;2*6-9H,5H2,1-4H3;8H,2-7H2,1H3;1-3H3;1H4;2*1H3;10*1H;;;/q;;;;;;2*-1;;;;;;;;;;;2*+3;+4/p-10. The molecule has 0 bridgehead atoms. The van der Waals surface area contributed by atoms with E-state index in [4.69, 9.17) is 96.2 Å². The molecule has 0 aromatic heterocycles. The molecule has 0 radical (unpaired) electrons. The molecule has 0 amide bonds. The Hall–Kier alpha value is 5.75. The molecule has 16 heteroatoms. The van der Waals surface area contributed by atoms with Gasteiger partial charge in [0.2, 0.25) is 0 Å². The first-order chi connectivity index (χ1) is 25.4. The van der Waals surface area contributed by atoms with Crippen LogP contribution in [0.3, 0.4) is 0 Å². The summed E-state index contributed by atoms with van der Waals surface area (Å²) in [4.78, 5) is 0. The number of hydrogen-bond acceptors (Lipinski definition) is 0. The molecule has 8 unspecified atom stereocenters. The molecular formula is C44H93Cl11Si2Zr3-2. The molecule has 0 aliphatic heterocycles. The molecule has 0 aromatic rings. The van der Waals surface area contributed by atoms with Gasteiger partial charge >= 0.3 is 137 Å². The van der Waals surface area contributed by atoms with Gasteiger partial charge in [0.15, 0.2) is 0 Å². The van der Waals surface area contributed by atoms with Gasteiger partial charge in [-0.05, 0) is 110 Å². The first-order valence-electron chi connectivity index (χ1n) is 20.9. The third kappa shape index (κ3) is 46.2. The van der Waals surface area contributed by atoms with E-state index >= 15 is 0 Å². The van der Waals surface area contributed by atoms with Crippen LogP contribution in [0.1, 0.15) is 149 Å².